The second kappa shape index (κ2) is 8.70. The quantitative estimate of drug-likeness (QED) is 0.878. The summed E-state index contributed by atoms with van der Waals surface area (Å²) in [5.74, 6) is 1.25. The van der Waals surface area contributed by atoms with Crippen molar-refractivity contribution in [2.75, 3.05) is 18.4 Å². The molecule has 0 atom stereocenters. The van der Waals surface area contributed by atoms with Crippen LogP contribution in [0.15, 0.2) is 41.2 Å². The lowest BCUT2D eigenvalue weighted by molar-refractivity contribution is 0.115. The smallest absolute Gasteiger partial charge is 0.323 e. The van der Waals surface area contributed by atoms with Gasteiger partial charge in [0.25, 0.3) is 5.56 Å². The average Bonchev–Trinajstić information content (AvgIpc) is 2.67. The van der Waals surface area contributed by atoms with Gasteiger partial charge in [0.2, 0.25) is 0 Å². The average molecular weight is 370 g/mol. The van der Waals surface area contributed by atoms with Gasteiger partial charge in [-0.25, -0.2) is 9.48 Å². The highest BCUT2D eigenvalue weighted by molar-refractivity contribution is 5.88. The van der Waals surface area contributed by atoms with E-state index in [1.807, 2.05) is 12.1 Å². The topological polar surface area (TPSA) is 76.5 Å². The van der Waals surface area contributed by atoms with Crippen molar-refractivity contribution >= 4 is 11.8 Å². The fourth-order valence-corrected chi connectivity index (χ4v) is 3.15. The van der Waals surface area contributed by atoms with Gasteiger partial charge in [0.15, 0.2) is 5.82 Å². The van der Waals surface area contributed by atoms with Gasteiger partial charge in [-0.1, -0.05) is 25.5 Å². The Kier molecular flexibility index (Phi) is 6.11. The van der Waals surface area contributed by atoms with E-state index in [2.05, 4.69) is 29.5 Å². The number of rotatable bonds is 5. The molecule has 2 aromatic rings. The lowest BCUT2D eigenvalue weighted by atomic mass is 10.1. The van der Waals surface area contributed by atoms with Crippen LogP contribution < -0.4 is 15.6 Å². The van der Waals surface area contributed by atoms with Crippen molar-refractivity contribution in [2.45, 2.75) is 38.7 Å². The van der Waals surface area contributed by atoms with E-state index in [1.165, 1.54) is 22.4 Å². The predicted octanol–water partition coefficient (Wildman–Crippen LogP) is 2.81. The highest BCUT2D eigenvalue weighted by atomic mass is 16.5. The van der Waals surface area contributed by atoms with E-state index in [9.17, 15) is 9.59 Å². The molecule has 1 saturated heterocycles. The van der Waals surface area contributed by atoms with Gasteiger partial charge >= 0.3 is 6.03 Å². The van der Waals surface area contributed by atoms with Crippen molar-refractivity contribution in [3.05, 3.63) is 52.3 Å². The first kappa shape index (κ1) is 18.9. The minimum Gasteiger partial charge on any atom is -0.490 e. The molecule has 0 saturated carbocycles. The van der Waals surface area contributed by atoms with Crippen molar-refractivity contribution in [1.29, 1.82) is 0 Å². The number of nitrogens with zero attached hydrogens (tertiary/aromatic N) is 3. The molecule has 0 unspecified atom stereocenters. The number of anilines is 1. The normalized spacial score (nSPS) is 14.8. The van der Waals surface area contributed by atoms with E-state index in [-0.39, 0.29) is 17.7 Å². The second-order valence-electron chi connectivity index (χ2n) is 6.81. The maximum Gasteiger partial charge on any atom is 0.323 e. The lowest BCUT2D eigenvalue weighted by Crippen LogP contribution is -2.44. The summed E-state index contributed by atoms with van der Waals surface area (Å²) in [6.07, 6.45) is 3.89. The number of likely N-dealkylation sites (tertiary alicyclic amines) is 1. The molecule has 1 N–H and O–H groups in total. The van der Waals surface area contributed by atoms with Gasteiger partial charge in [0.1, 0.15) is 11.9 Å². The SMILES string of the molecule is CCCc1ccc(OC2CCN(C(=O)Nc3ccc(=O)n(C)n3)CC2)cc1. The van der Waals surface area contributed by atoms with E-state index >= 15 is 0 Å². The number of piperidine rings is 1. The Morgan fingerprint density at radius 2 is 1.89 bits per heavy atom. The summed E-state index contributed by atoms with van der Waals surface area (Å²) in [5, 5.41) is 6.76. The van der Waals surface area contributed by atoms with Crippen LogP contribution in [0, 0.1) is 0 Å². The molecule has 27 heavy (non-hydrogen) atoms. The summed E-state index contributed by atoms with van der Waals surface area (Å²) in [4.78, 5) is 25.5. The molecular weight excluding hydrogens is 344 g/mol. The predicted molar refractivity (Wildman–Crippen MR) is 104 cm³/mol. The number of carbonyl (C=O) groups excluding carboxylic acids is 1. The third-order valence-corrected chi connectivity index (χ3v) is 4.69. The number of hydrogen-bond acceptors (Lipinski definition) is 4. The number of ether oxygens (including phenoxy) is 1. The van der Waals surface area contributed by atoms with Gasteiger partial charge in [-0.15, -0.1) is 0 Å². The zero-order valence-electron chi connectivity index (χ0n) is 15.9. The highest BCUT2D eigenvalue weighted by Crippen LogP contribution is 2.20. The Morgan fingerprint density at radius 1 is 1.19 bits per heavy atom. The summed E-state index contributed by atoms with van der Waals surface area (Å²) in [6, 6.07) is 11.0. The molecule has 3 rings (SSSR count). The van der Waals surface area contributed by atoms with Gasteiger partial charge in [-0.05, 0) is 30.2 Å². The highest BCUT2D eigenvalue weighted by Gasteiger charge is 2.24. The third kappa shape index (κ3) is 5.09. The molecule has 144 valence electrons. The summed E-state index contributed by atoms with van der Waals surface area (Å²) in [6.45, 7) is 3.41. The van der Waals surface area contributed by atoms with Crippen LogP contribution in [0.3, 0.4) is 0 Å². The standard InChI is InChI=1S/C20H26N4O3/c1-3-4-15-5-7-16(8-6-15)27-17-11-13-24(14-12-17)20(26)21-18-9-10-19(25)23(2)22-18/h5-10,17H,3-4,11-14H2,1-2H3,(H,21,22,26). The van der Waals surface area contributed by atoms with Crippen LogP contribution >= 0.6 is 0 Å². The van der Waals surface area contributed by atoms with Crippen LogP contribution in [0.4, 0.5) is 10.6 Å². The molecule has 1 aromatic heterocycles. The zero-order valence-corrected chi connectivity index (χ0v) is 15.9. The number of aryl methyl sites for hydroxylation is 2. The third-order valence-electron chi connectivity index (χ3n) is 4.69. The molecule has 7 nitrogen and oxygen atoms in total. The molecule has 1 fully saturated rings. The first-order valence-electron chi connectivity index (χ1n) is 9.41. The molecule has 1 aliphatic heterocycles. The Labute approximate surface area is 158 Å². The molecule has 0 bridgehead atoms. The summed E-state index contributed by atoms with van der Waals surface area (Å²) in [7, 11) is 1.55. The minimum atomic E-state index is -0.214. The van der Waals surface area contributed by atoms with Crippen molar-refractivity contribution in [1.82, 2.24) is 14.7 Å². The Balaban J connectivity index is 1.48. The molecule has 0 spiro atoms. The Bertz CT molecular complexity index is 824. The molecule has 1 aromatic carbocycles. The molecule has 0 radical (unpaired) electrons. The van der Waals surface area contributed by atoms with Gasteiger partial charge in [-0.3, -0.25) is 10.1 Å². The van der Waals surface area contributed by atoms with Crippen LogP contribution in [0.1, 0.15) is 31.7 Å². The number of carbonyl (C=O) groups is 1. The van der Waals surface area contributed by atoms with Gasteiger partial charge < -0.3 is 9.64 Å². The lowest BCUT2D eigenvalue weighted by Gasteiger charge is -2.32. The fourth-order valence-electron chi connectivity index (χ4n) is 3.15. The van der Waals surface area contributed by atoms with E-state index in [1.54, 1.807) is 11.9 Å². The number of amides is 2. The maximum atomic E-state index is 12.4. The molecule has 2 amide bonds. The zero-order chi connectivity index (χ0) is 19.2. The van der Waals surface area contributed by atoms with Crippen molar-refractivity contribution < 1.29 is 9.53 Å². The van der Waals surface area contributed by atoms with Gasteiger partial charge in [0, 0.05) is 39.0 Å². The van der Waals surface area contributed by atoms with Crippen molar-refractivity contribution in [3.63, 3.8) is 0 Å². The first-order valence-corrected chi connectivity index (χ1v) is 9.41. The van der Waals surface area contributed by atoms with Crippen LogP contribution in [0.2, 0.25) is 0 Å². The van der Waals surface area contributed by atoms with E-state index < -0.39 is 0 Å². The van der Waals surface area contributed by atoms with Gasteiger partial charge in [-0.2, -0.15) is 5.10 Å². The van der Waals surface area contributed by atoms with Crippen LogP contribution in [-0.2, 0) is 13.5 Å². The monoisotopic (exact) mass is 370 g/mol. The van der Waals surface area contributed by atoms with Crippen molar-refractivity contribution in [3.8, 4) is 5.75 Å². The maximum absolute atomic E-state index is 12.4. The van der Waals surface area contributed by atoms with E-state index in [0.717, 1.165) is 31.4 Å². The van der Waals surface area contributed by atoms with Gasteiger partial charge in [0.05, 0.1) is 0 Å². The summed E-state index contributed by atoms with van der Waals surface area (Å²) in [5.41, 5.74) is 1.11. The number of nitrogens with one attached hydrogen (secondary N) is 1. The first-order chi connectivity index (χ1) is 13.0. The van der Waals surface area contributed by atoms with Crippen LogP contribution in [-0.4, -0.2) is 39.9 Å². The minimum absolute atomic E-state index is 0.113. The fraction of sp³-hybridized carbons (Fsp3) is 0.450. The number of urea groups is 1. The Hall–Kier alpha value is -2.83. The molecular formula is C20H26N4O3. The number of benzene rings is 1. The van der Waals surface area contributed by atoms with E-state index in [0.29, 0.717) is 18.9 Å². The second-order valence-corrected chi connectivity index (χ2v) is 6.81. The number of aromatic nitrogens is 2. The summed E-state index contributed by atoms with van der Waals surface area (Å²) >= 11 is 0. The molecule has 2 heterocycles. The van der Waals surface area contributed by atoms with Crippen LogP contribution in [0.25, 0.3) is 0 Å². The van der Waals surface area contributed by atoms with Crippen molar-refractivity contribution in [2.24, 2.45) is 7.05 Å². The molecule has 0 aliphatic carbocycles. The largest absolute Gasteiger partial charge is 0.490 e. The summed E-state index contributed by atoms with van der Waals surface area (Å²) < 4.78 is 7.25. The molecule has 7 heteroatoms. The Morgan fingerprint density at radius 3 is 2.52 bits per heavy atom. The molecule has 1 aliphatic rings. The van der Waals surface area contributed by atoms with Crippen LogP contribution in [0.5, 0.6) is 5.75 Å². The number of hydrogen-bond donors (Lipinski definition) is 1. The van der Waals surface area contributed by atoms with E-state index in [4.69, 9.17) is 4.74 Å².